The number of hydrogen-bond acceptors (Lipinski definition) is 5. The van der Waals surface area contributed by atoms with E-state index in [0.717, 1.165) is 25.9 Å². The summed E-state index contributed by atoms with van der Waals surface area (Å²) in [5.74, 6) is 0.598. The number of likely N-dealkylation sites (tertiary alicyclic amines) is 1. The molecule has 3 aromatic rings. The van der Waals surface area contributed by atoms with Crippen LogP contribution in [0, 0.1) is 0 Å². The fourth-order valence-corrected chi connectivity index (χ4v) is 11.3. The van der Waals surface area contributed by atoms with Crippen LogP contribution < -0.4 is 16.1 Å². The van der Waals surface area contributed by atoms with E-state index < -0.39 is 8.32 Å². The van der Waals surface area contributed by atoms with Gasteiger partial charge in [-0.1, -0.05) is 87.5 Å². The van der Waals surface area contributed by atoms with E-state index in [4.69, 9.17) is 14.9 Å². The molecular weight excluding hydrogens is 488 g/mol. The molecule has 0 aromatic heterocycles. The van der Waals surface area contributed by atoms with Crippen molar-refractivity contribution in [2.75, 3.05) is 32.0 Å². The Morgan fingerprint density at radius 2 is 1.53 bits per heavy atom. The van der Waals surface area contributed by atoms with Crippen LogP contribution in [0.4, 0.5) is 5.69 Å². The van der Waals surface area contributed by atoms with Crippen LogP contribution in [-0.4, -0.2) is 56.3 Å². The van der Waals surface area contributed by atoms with E-state index in [9.17, 15) is 5.11 Å². The number of nitrogens with two attached hydrogens (primary N) is 1. The Kier molecular flexibility index (Phi) is 7.44. The van der Waals surface area contributed by atoms with Crippen molar-refractivity contribution in [1.29, 1.82) is 0 Å². The summed E-state index contributed by atoms with van der Waals surface area (Å²) < 4.78 is 13.8. The molecule has 6 heteroatoms. The summed E-state index contributed by atoms with van der Waals surface area (Å²) in [7, 11) is -2.69. The molecule has 202 valence electrons. The normalized spacial score (nSPS) is 23.5. The minimum absolute atomic E-state index is 0.0327. The molecule has 5 nitrogen and oxygen atoms in total. The van der Waals surface area contributed by atoms with E-state index in [0.29, 0.717) is 24.8 Å². The highest BCUT2D eigenvalue weighted by Gasteiger charge is 2.56. The SMILES string of the molecule is CC(C)(C)[Si](O[C@@H]1COC[C@]1(C)N1CCC(c2ccc(O)c(N)c2)CC1)(c1ccccc1)c1ccccc1. The molecule has 2 fully saturated rings. The Balaban J connectivity index is 1.44. The Bertz CT molecular complexity index is 1180. The summed E-state index contributed by atoms with van der Waals surface area (Å²) in [4.78, 5) is 2.60. The number of nitrogen functional groups attached to an aromatic ring is 1. The van der Waals surface area contributed by atoms with Crippen molar-refractivity contribution >= 4 is 24.4 Å². The van der Waals surface area contributed by atoms with Crippen LogP contribution in [0.1, 0.15) is 52.0 Å². The third-order valence-corrected chi connectivity index (χ3v) is 13.9. The maximum atomic E-state index is 9.85. The topological polar surface area (TPSA) is 68.0 Å². The molecule has 0 amide bonds. The summed E-state index contributed by atoms with van der Waals surface area (Å²) in [6, 6.07) is 27.4. The molecule has 2 saturated heterocycles. The van der Waals surface area contributed by atoms with Crippen LogP contribution in [0.2, 0.25) is 5.04 Å². The predicted molar refractivity (Wildman–Crippen MR) is 158 cm³/mol. The number of phenols is 1. The number of rotatable bonds is 6. The number of anilines is 1. The summed E-state index contributed by atoms with van der Waals surface area (Å²) >= 11 is 0. The maximum Gasteiger partial charge on any atom is 0.261 e. The number of phenolic OH excluding ortho intramolecular Hbond substituents is 1. The van der Waals surface area contributed by atoms with Gasteiger partial charge in [0.2, 0.25) is 0 Å². The second-order valence-electron chi connectivity index (χ2n) is 12.2. The van der Waals surface area contributed by atoms with Crippen LogP contribution >= 0.6 is 0 Å². The average molecular weight is 531 g/mol. The first-order chi connectivity index (χ1) is 18.1. The van der Waals surface area contributed by atoms with Gasteiger partial charge in [-0.2, -0.15) is 0 Å². The van der Waals surface area contributed by atoms with Gasteiger partial charge in [0.25, 0.3) is 8.32 Å². The van der Waals surface area contributed by atoms with E-state index in [1.165, 1.54) is 15.9 Å². The van der Waals surface area contributed by atoms with Gasteiger partial charge in [-0.05, 0) is 71.9 Å². The minimum atomic E-state index is -2.69. The molecule has 3 N–H and O–H groups in total. The van der Waals surface area contributed by atoms with E-state index in [2.05, 4.69) is 93.3 Å². The number of ether oxygens (including phenoxy) is 1. The first kappa shape index (κ1) is 26.9. The smallest absolute Gasteiger partial charge is 0.261 e. The fourth-order valence-electron chi connectivity index (χ4n) is 6.56. The number of nitrogens with zero attached hydrogens (tertiary/aromatic N) is 1. The van der Waals surface area contributed by atoms with Gasteiger partial charge < -0.3 is 20.0 Å². The molecule has 0 unspecified atom stereocenters. The molecule has 0 saturated carbocycles. The number of benzene rings is 3. The molecule has 0 radical (unpaired) electrons. The quantitative estimate of drug-likeness (QED) is 0.270. The van der Waals surface area contributed by atoms with Crippen molar-refractivity contribution in [3.63, 3.8) is 0 Å². The predicted octanol–water partition coefficient (Wildman–Crippen LogP) is 4.89. The largest absolute Gasteiger partial charge is 0.506 e. The number of aromatic hydroxyl groups is 1. The van der Waals surface area contributed by atoms with E-state index in [1.807, 2.05) is 12.1 Å². The van der Waals surface area contributed by atoms with Gasteiger partial charge in [-0.15, -0.1) is 0 Å². The molecule has 3 aromatic carbocycles. The van der Waals surface area contributed by atoms with Crippen molar-refractivity contribution in [1.82, 2.24) is 4.90 Å². The highest BCUT2D eigenvalue weighted by Crippen LogP contribution is 2.42. The summed E-state index contributed by atoms with van der Waals surface area (Å²) in [6.45, 7) is 12.6. The molecule has 38 heavy (non-hydrogen) atoms. The lowest BCUT2D eigenvalue weighted by Gasteiger charge is -2.50. The van der Waals surface area contributed by atoms with Gasteiger partial charge in [0.1, 0.15) is 5.75 Å². The summed E-state index contributed by atoms with van der Waals surface area (Å²) in [5, 5.41) is 12.4. The molecule has 5 rings (SSSR count). The Labute approximate surface area is 228 Å². The lowest BCUT2D eigenvalue weighted by molar-refractivity contribution is 0.00482. The molecule has 2 aliphatic heterocycles. The molecular formula is C32H42N2O3Si. The molecule has 0 spiro atoms. The second kappa shape index (κ2) is 10.5. The summed E-state index contributed by atoms with van der Waals surface area (Å²) in [6.07, 6.45) is 2.06. The standard InChI is InChI=1S/C32H42N2O3Si/c1-31(2,3)38(26-11-7-5-8-12-26,27-13-9-6-10-14-27)37-30-22-36-23-32(30,4)34-19-17-24(18-20-34)25-15-16-29(35)28(33)21-25/h5-16,21,24,30,35H,17-20,22-23,33H2,1-4H3/t30-,32+/m1/s1. The van der Waals surface area contributed by atoms with Crippen molar-refractivity contribution in [2.24, 2.45) is 0 Å². The molecule has 0 aliphatic carbocycles. The van der Waals surface area contributed by atoms with Gasteiger partial charge in [0.05, 0.1) is 30.5 Å². The molecule has 0 bridgehead atoms. The van der Waals surface area contributed by atoms with Crippen molar-refractivity contribution in [3.8, 4) is 5.75 Å². The third kappa shape index (κ3) is 4.79. The highest BCUT2D eigenvalue weighted by molar-refractivity contribution is 6.99. The maximum absolute atomic E-state index is 9.85. The Hall–Kier alpha value is -2.64. The summed E-state index contributed by atoms with van der Waals surface area (Å²) in [5.41, 5.74) is 7.46. The van der Waals surface area contributed by atoms with Crippen LogP contribution in [0.15, 0.2) is 78.9 Å². The van der Waals surface area contributed by atoms with E-state index in [-0.39, 0.29) is 22.4 Å². The molecule has 2 aliphatic rings. The molecule has 2 heterocycles. The van der Waals surface area contributed by atoms with Gasteiger partial charge in [0.15, 0.2) is 0 Å². The van der Waals surface area contributed by atoms with Crippen LogP contribution in [-0.2, 0) is 9.16 Å². The zero-order valence-electron chi connectivity index (χ0n) is 23.2. The first-order valence-electron chi connectivity index (χ1n) is 13.9. The minimum Gasteiger partial charge on any atom is -0.506 e. The van der Waals surface area contributed by atoms with Crippen molar-refractivity contribution < 1.29 is 14.3 Å². The lowest BCUT2D eigenvalue weighted by atomic mass is 9.85. The highest BCUT2D eigenvalue weighted by atomic mass is 28.4. The van der Waals surface area contributed by atoms with Crippen LogP contribution in [0.5, 0.6) is 5.75 Å². The molecule has 2 atom stereocenters. The third-order valence-electron chi connectivity index (χ3n) is 8.83. The monoisotopic (exact) mass is 530 g/mol. The van der Waals surface area contributed by atoms with E-state index >= 15 is 0 Å². The van der Waals surface area contributed by atoms with Crippen molar-refractivity contribution in [3.05, 3.63) is 84.4 Å². The average Bonchev–Trinajstić information content (AvgIpc) is 3.30. The van der Waals surface area contributed by atoms with Gasteiger partial charge in [0, 0.05) is 0 Å². The van der Waals surface area contributed by atoms with Crippen LogP contribution in [0.25, 0.3) is 0 Å². The van der Waals surface area contributed by atoms with Gasteiger partial charge in [-0.25, -0.2) is 0 Å². The van der Waals surface area contributed by atoms with Gasteiger partial charge in [-0.3, -0.25) is 4.90 Å². The Morgan fingerprint density at radius 3 is 2.05 bits per heavy atom. The Morgan fingerprint density at radius 1 is 0.947 bits per heavy atom. The van der Waals surface area contributed by atoms with Crippen LogP contribution in [0.3, 0.4) is 0 Å². The second-order valence-corrected chi connectivity index (χ2v) is 16.5. The van der Waals surface area contributed by atoms with E-state index in [1.54, 1.807) is 6.07 Å². The number of hydrogen-bond donors (Lipinski definition) is 2. The van der Waals surface area contributed by atoms with Gasteiger partial charge >= 0.3 is 0 Å². The zero-order chi connectivity index (χ0) is 27.0. The van der Waals surface area contributed by atoms with Crippen molar-refractivity contribution in [2.45, 2.75) is 63.1 Å². The first-order valence-corrected chi connectivity index (χ1v) is 15.8. The number of piperidine rings is 1. The fraction of sp³-hybridized carbons (Fsp3) is 0.438. The zero-order valence-corrected chi connectivity index (χ0v) is 24.2. The lowest BCUT2D eigenvalue weighted by Crippen LogP contribution is -2.70.